The molecule has 1 aromatic rings. The molecule has 10 radical (unpaired) electrons. The molecule has 0 aliphatic carbocycles. The topological polar surface area (TPSA) is 92.5 Å². The lowest BCUT2D eigenvalue weighted by molar-refractivity contribution is -0.139. The molecule has 114 valence electrons. The number of nitrogens with two attached hydrogens (primary N) is 1. The van der Waals surface area contributed by atoms with Crippen LogP contribution in [0.1, 0.15) is 22.3 Å². The Balaban J connectivity index is 2.11. The Hall–Kier alpha value is -2.12. The van der Waals surface area contributed by atoms with Crippen LogP contribution in [0.25, 0.3) is 0 Å². The summed E-state index contributed by atoms with van der Waals surface area (Å²) in [6.45, 7) is -0.275. The van der Waals surface area contributed by atoms with Crippen LogP contribution in [0.15, 0.2) is 0 Å². The van der Waals surface area contributed by atoms with Gasteiger partial charge in [0.25, 0.3) is 5.91 Å². The third-order valence-corrected chi connectivity index (χ3v) is 4.52. The normalized spacial score (nSPS) is 25.0. The first-order chi connectivity index (χ1) is 11.4. The van der Waals surface area contributed by atoms with Crippen molar-refractivity contribution in [3.8, 4) is 0 Å². The number of benzene rings is 1. The zero-order valence-corrected chi connectivity index (χ0v) is 12.9. The Labute approximate surface area is 149 Å². The highest BCUT2D eigenvalue weighted by Gasteiger charge is 2.53. The number of amides is 3. The van der Waals surface area contributed by atoms with Crippen LogP contribution in [-0.2, 0) is 16.1 Å². The maximum absolute atomic E-state index is 14.0. The standard InChI is InChI=1S/C13H7B5FN3O3/c14-5-4-3(8(20)6(15)7(5)19)1-22(9(4)23)13(18)2-12(16,17)10(24)21-11(13)25/h1-2,20H2,(H,21,24,25). The number of rotatable bonds is 1. The molecule has 6 nitrogen and oxygen atoms in total. The Morgan fingerprint density at radius 1 is 1.08 bits per heavy atom. The molecule has 2 aliphatic rings. The van der Waals surface area contributed by atoms with Crippen molar-refractivity contribution in [2.45, 2.75) is 23.6 Å². The average molecular weight is 326 g/mol. The number of nitrogens with zero attached hydrogens (tertiary/aromatic N) is 1. The molecule has 3 rings (SSSR count). The van der Waals surface area contributed by atoms with Gasteiger partial charge in [0.1, 0.15) is 29.4 Å². The van der Waals surface area contributed by atoms with E-state index in [9.17, 15) is 18.8 Å². The van der Waals surface area contributed by atoms with E-state index in [1.165, 1.54) is 0 Å². The molecule has 1 aromatic carbocycles. The summed E-state index contributed by atoms with van der Waals surface area (Å²) in [7, 11) is 28.5. The van der Waals surface area contributed by atoms with Crippen molar-refractivity contribution in [2.24, 2.45) is 0 Å². The molecule has 3 amide bonds. The maximum atomic E-state index is 14.0. The van der Waals surface area contributed by atoms with Gasteiger partial charge in [0.2, 0.25) is 11.8 Å². The molecular weight excluding hydrogens is 319 g/mol. The van der Waals surface area contributed by atoms with Gasteiger partial charge in [-0.05, 0) is 22.6 Å². The van der Waals surface area contributed by atoms with Crippen LogP contribution >= 0.6 is 0 Å². The van der Waals surface area contributed by atoms with E-state index in [2.05, 4.69) is 0 Å². The number of fused-ring (bicyclic) bond motifs is 1. The van der Waals surface area contributed by atoms with E-state index < -0.39 is 51.5 Å². The molecule has 3 N–H and O–H groups in total. The van der Waals surface area contributed by atoms with Crippen molar-refractivity contribution in [3.63, 3.8) is 0 Å². The number of nitrogen functional groups attached to an aromatic ring is 1. The first-order valence-corrected chi connectivity index (χ1v) is 7.11. The van der Waals surface area contributed by atoms with Crippen LogP contribution in [0.2, 0.25) is 5.21 Å². The SMILES string of the molecule is [B]c1c(N)c2c(c([B])c1F)C(=O)N(C1([B])CC([B])([B])C(=O)NC1=O)C2. The molecule has 0 saturated carbocycles. The van der Waals surface area contributed by atoms with Crippen LogP contribution in [-0.4, -0.2) is 67.3 Å². The average Bonchev–Trinajstić information content (AvgIpc) is 2.87. The molecule has 1 unspecified atom stereocenters. The zero-order valence-electron chi connectivity index (χ0n) is 12.9. The highest BCUT2D eigenvalue weighted by atomic mass is 19.1. The van der Waals surface area contributed by atoms with Crippen molar-refractivity contribution in [1.29, 1.82) is 0 Å². The number of carbonyl (C=O) groups is 3. The summed E-state index contributed by atoms with van der Waals surface area (Å²) in [5.41, 5.74) is 2.51. The first-order valence-electron chi connectivity index (χ1n) is 7.11. The van der Waals surface area contributed by atoms with E-state index >= 15 is 0 Å². The summed E-state index contributed by atoms with van der Waals surface area (Å²) in [5, 5.41) is -0.0587. The van der Waals surface area contributed by atoms with Gasteiger partial charge in [0.15, 0.2) is 0 Å². The van der Waals surface area contributed by atoms with Gasteiger partial charge in [-0.3, -0.25) is 19.7 Å². The van der Waals surface area contributed by atoms with Crippen molar-refractivity contribution in [1.82, 2.24) is 10.2 Å². The minimum Gasteiger partial charge on any atom is -0.399 e. The second-order valence-electron chi connectivity index (χ2n) is 6.22. The van der Waals surface area contributed by atoms with Crippen LogP contribution in [0, 0.1) is 5.82 Å². The summed E-state index contributed by atoms with van der Waals surface area (Å²) < 4.78 is 14.0. The molecule has 1 atom stereocenters. The van der Waals surface area contributed by atoms with Gasteiger partial charge in [-0.15, -0.1) is 0 Å². The zero-order chi connectivity index (χ0) is 18.9. The Bertz CT molecular complexity index is 862. The second kappa shape index (κ2) is 5.19. The third kappa shape index (κ3) is 2.26. The molecule has 0 spiro atoms. The lowest BCUT2D eigenvalue weighted by Gasteiger charge is -2.46. The first kappa shape index (κ1) is 17.7. The van der Waals surface area contributed by atoms with Crippen LogP contribution in [0.5, 0.6) is 0 Å². The number of carbonyl (C=O) groups excluding carboxylic acids is 3. The van der Waals surface area contributed by atoms with Crippen molar-refractivity contribution in [2.75, 3.05) is 5.73 Å². The van der Waals surface area contributed by atoms with Crippen molar-refractivity contribution >= 4 is 73.6 Å². The van der Waals surface area contributed by atoms with E-state index in [1.807, 2.05) is 5.32 Å². The number of nitrogens with one attached hydrogen (secondary N) is 1. The predicted molar refractivity (Wildman–Crippen MR) is 91.9 cm³/mol. The van der Waals surface area contributed by atoms with E-state index in [1.54, 1.807) is 0 Å². The van der Waals surface area contributed by atoms with E-state index in [4.69, 9.17) is 45.0 Å². The Morgan fingerprint density at radius 2 is 1.68 bits per heavy atom. The maximum Gasteiger partial charge on any atom is 0.254 e. The number of imide groups is 1. The molecule has 12 heteroatoms. The predicted octanol–water partition coefficient (Wildman–Crippen LogP) is -3.68. The number of piperidine rings is 1. The minimum absolute atomic E-state index is 0.135. The van der Waals surface area contributed by atoms with E-state index in [-0.39, 0.29) is 23.4 Å². The van der Waals surface area contributed by atoms with Crippen LogP contribution in [0.4, 0.5) is 10.1 Å². The monoisotopic (exact) mass is 327 g/mol. The van der Waals surface area contributed by atoms with Gasteiger partial charge in [-0.1, -0.05) is 0 Å². The third-order valence-electron chi connectivity index (χ3n) is 4.52. The van der Waals surface area contributed by atoms with Gasteiger partial charge in [-0.2, -0.15) is 0 Å². The van der Waals surface area contributed by atoms with Gasteiger partial charge in [-0.25, -0.2) is 4.39 Å². The fraction of sp³-hybridized carbons (Fsp3) is 0.308. The second-order valence-corrected chi connectivity index (χ2v) is 6.22. The lowest BCUT2D eigenvalue weighted by atomic mass is 9.45. The van der Waals surface area contributed by atoms with Gasteiger partial charge >= 0.3 is 0 Å². The molecule has 2 heterocycles. The highest BCUT2D eigenvalue weighted by Crippen LogP contribution is 2.39. The fourth-order valence-corrected chi connectivity index (χ4v) is 3.08. The fourth-order valence-electron chi connectivity index (χ4n) is 3.08. The highest BCUT2D eigenvalue weighted by molar-refractivity contribution is 6.54. The van der Waals surface area contributed by atoms with Gasteiger partial charge < -0.3 is 10.6 Å². The number of hydrogen-bond acceptors (Lipinski definition) is 4. The van der Waals surface area contributed by atoms with E-state index in [0.29, 0.717) is 0 Å². The summed E-state index contributed by atoms with van der Waals surface area (Å²) in [5.74, 6) is -3.79. The molecule has 1 saturated heterocycles. The molecule has 2 aliphatic heterocycles. The summed E-state index contributed by atoms with van der Waals surface area (Å²) in [6.07, 6.45) is -0.553. The van der Waals surface area contributed by atoms with Crippen molar-refractivity contribution in [3.05, 3.63) is 16.9 Å². The lowest BCUT2D eigenvalue weighted by Crippen LogP contribution is -2.67. The number of hydrogen-bond donors (Lipinski definition) is 2. The smallest absolute Gasteiger partial charge is 0.254 e. The van der Waals surface area contributed by atoms with Crippen LogP contribution in [0.3, 0.4) is 0 Å². The molecular formula is C13H7B5FN3O3. The minimum atomic E-state index is -2.06. The molecule has 25 heavy (non-hydrogen) atoms. The quantitative estimate of drug-likeness (QED) is 0.316. The van der Waals surface area contributed by atoms with Gasteiger partial charge in [0.05, 0.1) is 21.1 Å². The Morgan fingerprint density at radius 3 is 2.28 bits per heavy atom. The number of anilines is 1. The summed E-state index contributed by atoms with van der Waals surface area (Å²) in [4.78, 5) is 37.6. The Kier molecular flexibility index (Phi) is 3.67. The number of halogens is 1. The van der Waals surface area contributed by atoms with E-state index in [0.717, 1.165) is 4.90 Å². The molecule has 1 fully saturated rings. The van der Waals surface area contributed by atoms with Crippen LogP contribution < -0.4 is 22.0 Å². The summed E-state index contributed by atoms with van der Waals surface area (Å²) >= 11 is 0. The van der Waals surface area contributed by atoms with Gasteiger partial charge in [0, 0.05) is 23.4 Å². The van der Waals surface area contributed by atoms with Crippen molar-refractivity contribution < 1.29 is 18.8 Å². The molecule has 0 aromatic heterocycles. The largest absolute Gasteiger partial charge is 0.399 e. The molecule has 0 bridgehead atoms. The summed E-state index contributed by atoms with van der Waals surface area (Å²) in [6, 6.07) is 0.